The Kier molecular flexibility index (Phi) is 8.04. The summed E-state index contributed by atoms with van der Waals surface area (Å²) < 4.78 is 13.6. The zero-order chi connectivity index (χ0) is 20.0. The molecule has 1 heterocycles. The van der Waals surface area contributed by atoms with Crippen LogP contribution in [0.4, 0.5) is 10.1 Å². The first kappa shape index (κ1) is 21.6. The van der Waals surface area contributed by atoms with E-state index in [1.807, 2.05) is 0 Å². The van der Waals surface area contributed by atoms with Crippen LogP contribution >= 0.6 is 24.0 Å². The third kappa shape index (κ3) is 6.46. The van der Waals surface area contributed by atoms with Crippen LogP contribution in [-0.2, 0) is 9.59 Å². The number of nitrogens with zero attached hydrogens (tertiary/aromatic N) is 2. The molecule has 5 nitrogen and oxygen atoms in total. The van der Waals surface area contributed by atoms with Gasteiger partial charge < -0.3 is 15.1 Å². The third-order valence-electron chi connectivity index (χ3n) is 4.66. The summed E-state index contributed by atoms with van der Waals surface area (Å²) >= 11 is 6.88. The van der Waals surface area contributed by atoms with Gasteiger partial charge in [0.25, 0.3) is 0 Å². The summed E-state index contributed by atoms with van der Waals surface area (Å²) in [6.45, 7) is 4.26. The molecule has 2 atom stereocenters. The summed E-state index contributed by atoms with van der Waals surface area (Å²) in [5.74, 6) is -0.655. The first-order chi connectivity index (χ1) is 12.8. The Balaban J connectivity index is 1.78. The van der Waals surface area contributed by atoms with E-state index in [2.05, 4.69) is 24.1 Å². The van der Waals surface area contributed by atoms with Crippen molar-refractivity contribution in [3.63, 3.8) is 0 Å². The Labute approximate surface area is 169 Å². The van der Waals surface area contributed by atoms with E-state index in [0.717, 1.165) is 17.2 Å². The van der Waals surface area contributed by atoms with Crippen molar-refractivity contribution in [1.29, 1.82) is 0 Å². The molecule has 8 heteroatoms. The van der Waals surface area contributed by atoms with Gasteiger partial charge in [-0.15, -0.1) is 0 Å². The number of hydrogen-bond donors (Lipinski definition) is 1. The molecule has 1 fully saturated rings. The fourth-order valence-electron chi connectivity index (χ4n) is 3.13. The molecule has 0 unspecified atom stereocenters. The van der Waals surface area contributed by atoms with Crippen LogP contribution in [0.3, 0.4) is 0 Å². The number of thiocarbonyl (C=S) groups is 1. The van der Waals surface area contributed by atoms with E-state index in [4.69, 9.17) is 12.2 Å². The normalized spacial score (nSPS) is 19.5. The Bertz CT molecular complexity index is 674. The van der Waals surface area contributed by atoms with Crippen molar-refractivity contribution >= 4 is 45.8 Å². The Morgan fingerprint density at radius 1 is 1.26 bits per heavy atom. The first-order valence-corrected chi connectivity index (χ1v) is 10.4. The number of rotatable bonds is 5. The van der Waals surface area contributed by atoms with Crippen molar-refractivity contribution in [1.82, 2.24) is 9.80 Å². The van der Waals surface area contributed by atoms with Crippen molar-refractivity contribution < 1.29 is 14.0 Å². The van der Waals surface area contributed by atoms with Gasteiger partial charge in [-0.2, -0.15) is 0 Å². The standard InChI is InChI=1S/C19H26FN3O2S2/c1-13-5-4-6-14(2)23(13)19(26)27-12-18(25)22(3)11-17(24)21-16-9-7-15(20)8-10-16/h7-10,13-14H,4-6,11-12H2,1-3H3,(H,21,24)/t13-,14-/m1/s1. The predicted molar refractivity (Wildman–Crippen MR) is 112 cm³/mol. The average Bonchev–Trinajstić information content (AvgIpc) is 2.61. The topological polar surface area (TPSA) is 52.7 Å². The van der Waals surface area contributed by atoms with Gasteiger partial charge in [-0.3, -0.25) is 9.59 Å². The molecule has 148 valence electrons. The van der Waals surface area contributed by atoms with Gasteiger partial charge in [-0.05, 0) is 57.4 Å². The highest BCUT2D eigenvalue weighted by molar-refractivity contribution is 8.23. The lowest BCUT2D eigenvalue weighted by atomic mass is 9.99. The molecule has 0 aromatic heterocycles. The Hall–Kier alpha value is -1.67. The monoisotopic (exact) mass is 411 g/mol. The summed E-state index contributed by atoms with van der Waals surface area (Å²) in [5.41, 5.74) is 0.492. The number of likely N-dealkylation sites (tertiary alicyclic amines) is 1. The van der Waals surface area contributed by atoms with Gasteiger partial charge in [0.1, 0.15) is 10.1 Å². The minimum atomic E-state index is -0.370. The van der Waals surface area contributed by atoms with Crippen LogP contribution in [0.5, 0.6) is 0 Å². The van der Waals surface area contributed by atoms with Crippen LogP contribution in [0.15, 0.2) is 24.3 Å². The highest BCUT2D eigenvalue weighted by Crippen LogP contribution is 2.26. The molecule has 2 rings (SSSR count). The lowest BCUT2D eigenvalue weighted by Gasteiger charge is -2.40. The van der Waals surface area contributed by atoms with Gasteiger partial charge in [0.15, 0.2) is 0 Å². The molecule has 0 bridgehead atoms. The number of carbonyl (C=O) groups excluding carboxylic acids is 2. The Morgan fingerprint density at radius 3 is 2.44 bits per heavy atom. The fraction of sp³-hybridized carbons (Fsp3) is 0.526. The van der Waals surface area contributed by atoms with Gasteiger partial charge in [0.2, 0.25) is 11.8 Å². The number of likely N-dealkylation sites (N-methyl/N-ethyl adjacent to an activating group) is 1. The largest absolute Gasteiger partial charge is 0.352 e. The van der Waals surface area contributed by atoms with Crippen molar-refractivity contribution in [3.05, 3.63) is 30.1 Å². The van der Waals surface area contributed by atoms with Gasteiger partial charge in [-0.1, -0.05) is 24.0 Å². The van der Waals surface area contributed by atoms with Crippen LogP contribution in [0.25, 0.3) is 0 Å². The lowest BCUT2D eigenvalue weighted by molar-refractivity contribution is -0.131. The molecule has 0 radical (unpaired) electrons. The molecular formula is C19H26FN3O2S2. The van der Waals surface area contributed by atoms with Crippen molar-refractivity contribution in [2.45, 2.75) is 45.2 Å². The van der Waals surface area contributed by atoms with Gasteiger partial charge in [-0.25, -0.2) is 4.39 Å². The summed E-state index contributed by atoms with van der Waals surface area (Å²) in [7, 11) is 1.59. The predicted octanol–water partition coefficient (Wildman–Crippen LogP) is 3.50. The highest BCUT2D eigenvalue weighted by Gasteiger charge is 2.27. The fourth-order valence-corrected chi connectivity index (χ4v) is 4.64. The van der Waals surface area contributed by atoms with E-state index >= 15 is 0 Å². The number of halogens is 1. The maximum atomic E-state index is 12.9. The summed E-state index contributed by atoms with van der Waals surface area (Å²) in [6, 6.07) is 6.27. The van der Waals surface area contributed by atoms with Crippen LogP contribution < -0.4 is 5.32 Å². The minimum absolute atomic E-state index is 0.0694. The number of thioether (sulfide) groups is 1. The van der Waals surface area contributed by atoms with Gasteiger partial charge in [0, 0.05) is 24.8 Å². The summed E-state index contributed by atoms with van der Waals surface area (Å²) in [6.07, 6.45) is 3.43. The molecule has 1 aliphatic rings. The second kappa shape index (κ2) is 10.0. The first-order valence-electron chi connectivity index (χ1n) is 9.02. The molecule has 1 aromatic rings. The van der Waals surface area contributed by atoms with Crippen molar-refractivity contribution in [3.8, 4) is 0 Å². The van der Waals surface area contributed by atoms with E-state index in [9.17, 15) is 14.0 Å². The third-order valence-corrected chi connectivity index (χ3v) is 6.07. The second-order valence-corrected chi connectivity index (χ2v) is 8.50. The smallest absolute Gasteiger partial charge is 0.243 e. The molecule has 0 spiro atoms. The molecule has 1 aromatic carbocycles. The van der Waals surface area contributed by atoms with Crippen molar-refractivity contribution in [2.24, 2.45) is 0 Å². The van der Waals surface area contributed by atoms with E-state index < -0.39 is 0 Å². The van der Waals surface area contributed by atoms with Crippen molar-refractivity contribution in [2.75, 3.05) is 24.7 Å². The van der Waals surface area contributed by atoms with Crippen LogP contribution in [0.2, 0.25) is 0 Å². The van der Waals surface area contributed by atoms with E-state index in [-0.39, 0.29) is 29.9 Å². The average molecular weight is 412 g/mol. The van der Waals surface area contributed by atoms with Crippen LogP contribution in [0.1, 0.15) is 33.1 Å². The molecule has 2 amide bonds. The summed E-state index contributed by atoms with van der Waals surface area (Å²) in [4.78, 5) is 28.0. The number of nitrogens with one attached hydrogen (secondary N) is 1. The zero-order valence-electron chi connectivity index (χ0n) is 15.9. The molecule has 1 N–H and O–H groups in total. The molecular weight excluding hydrogens is 385 g/mol. The molecule has 1 saturated heterocycles. The SMILES string of the molecule is C[C@@H]1CCC[C@@H](C)N1C(=S)SCC(=O)N(C)CC(=O)Nc1ccc(F)cc1. The summed E-state index contributed by atoms with van der Waals surface area (Å²) in [5, 5.41) is 2.64. The molecule has 0 aliphatic carbocycles. The number of amides is 2. The number of anilines is 1. The molecule has 0 saturated carbocycles. The van der Waals surface area contributed by atoms with Crippen LogP contribution in [-0.4, -0.2) is 57.4 Å². The number of piperidine rings is 1. The van der Waals surface area contributed by atoms with E-state index in [0.29, 0.717) is 17.8 Å². The molecule has 27 heavy (non-hydrogen) atoms. The van der Waals surface area contributed by atoms with E-state index in [1.54, 1.807) is 7.05 Å². The zero-order valence-corrected chi connectivity index (χ0v) is 17.5. The van der Waals surface area contributed by atoms with Crippen LogP contribution in [0, 0.1) is 5.82 Å². The second-order valence-electron chi connectivity index (χ2n) is 6.90. The minimum Gasteiger partial charge on any atom is -0.352 e. The number of benzene rings is 1. The Morgan fingerprint density at radius 2 is 1.85 bits per heavy atom. The number of hydrogen-bond acceptors (Lipinski definition) is 4. The number of carbonyl (C=O) groups is 2. The lowest BCUT2D eigenvalue weighted by Crippen LogP contribution is -2.46. The quantitative estimate of drug-likeness (QED) is 0.752. The van der Waals surface area contributed by atoms with E-state index in [1.165, 1.54) is 47.3 Å². The van der Waals surface area contributed by atoms with Gasteiger partial charge >= 0.3 is 0 Å². The highest BCUT2D eigenvalue weighted by atomic mass is 32.2. The maximum absolute atomic E-state index is 12.9. The van der Waals surface area contributed by atoms with Gasteiger partial charge in [0.05, 0.1) is 12.3 Å². The molecule has 1 aliphatic heterocycles. The maximum Gasteiger partial charge on any atom is 0.243 e.